The van der Waals surface area contributed by atoms with Crippen LogP contribution in [-0.4, -0.2) is 59.3 Å². The predicted octanol–water partition coefficient (Wildman–Crippen LogP) is 2.20. The number of aliphatic hydroxyl groups is 1. The van der Waals surface area contributed by atoms with Crippen molar-refractivity contribution in [3.05, 3.63) is 0 Å². The highest BCUT2D eigenvalue weighted by Gasteiger charge is 2.51. The second-order valence-electron chi connectivity index (χ2n) is 7.87. The van der Waals surface area contributed by atoms with Crippen molar-refractivity contribution >= 4 is 0 Å². The quantitative estimate of drug-likeness (QED) is 0.836. The molecule has 4 atom stereocenters. The molecule has 0 aliphatic carbocycles. The van der Waals surface area contributed by atoms with E-state index in [0.717, 1.165) is 30.2 Å². The summed E-state index contributed by atoms with van der Waals surface area (Å²) in [5, 5.41) is 9.68. The van der Waals surface area contributed by atoms with Gasteiger partial charge in [-0.05, 0) is 63.5 Å². The molecule has 4 unspecified atom stereocenters. The van der Waals surface area contributed by atoms with E-state index in [2.05, 4.69) is 23.6 Å². The van der Waals surface area contributed by atoms with E-state index < -0.39 is 0 Å². The molecule has 1 N–H and O–H groups in total. The molecular weight excluding hydrogens is 248 g/mol. The van der Waals surface area contributed by atoms with Gasteiger partial charge in [0, 0.05) is 25.2 Å². The summed E-state index contributed by atoms with van der Waals surface area (Å²) in [6.07, 6.45) is 4.85. The number of piperidine rings is 3. The summed E-state index contributed by atoms with van der Waals surface area (Å²) in [6.45, 7) is 11.8. The number of rotatable bonds is 5. The number of nitrogens with zero attached hydrogens (tertiary/aromatic N) is 2. The second-order valence-corrected chi connectivity index (χ2v) is 7.87. The molecule has 3 nitrogen and oxygen atoms in total. The third kappa shape index (κ3) is 2.77. The number of fused-ring (bicyclic) bond motifs is 2. The topological polar surface area (TPSA) is 26.7 Å². The summed E-state index contributed by atoms with van der Waals surface area (Å²) >= 11 is 0. The molecule has 0 amide bonds. The Kier molecular flexibility index (Phi) is 4.40. The molecule has 0 aromatic rings. The number of likely N-dealkylation sites (tertiary alicyclic amines) is 1. The van der Waals surface area contributed by atoms with E-state index in [-0.39, 0.29) is 6.10 Å². The van der Waals surface area contributed by atoms with Crippen LogP contribution in [0, 0.1) is 17.8 Å². The van der Waals surface area contributed by atoms with Crippen LogP contribution in [0.4, 0.5) is 0 Å². The Hall–Kier alpha value is -0.120. The lowest BCUT2D eigenvalue weighted by molar-refractivity contribution is 0.000186. The van der Waals surface area contributed by atoms with Gasteiger partial charge in [-0.3, -0.25) is 9.80 Å². The fourth-order valence-electron chi connectivity index (χ4n) is 5.05. The van der Waals surface area contributed by atoms with Crippen LogP contribution in [0.2, 0.25) is 0 Å². The van der Waals surface area contributed by atoms with Gasteiger partial charge in [-0.25, -0.2) is 0 Å². The molecule has 0 spiro atoms. The molecule has 4 aliphatic rings. The van der Waals surface area contributed by atoms with Crippen molar-refractivity contribution in [2.24, 2.45) is 17.8 Å². The maximum absolute atomic E-state index is 9.68. The molecular formula is C17H32N2O. The molecule has 3 heteroatoms. The van der Waals surface area contributed by atoms with Gasteiger partial charge in [-0.1, -0.05) is 13.8 Å². The van der Waals surface area contributed by atoms with Crippen LogP contribution in [0.5, 0.6) is 0 Å². The summed E-state index contributed by atoms with van der Waals surface area (Å²) in [6, 6.07) is 1.49. The van der Waals surface area contributed by atoms with Gasteiger partial charge in [0.2, 0.25) is 0 Å². The van der Waals surface area contributed by atoms with Gasteiger partial charge in [0.05, 0.1) is 6.10 Å². The van der Waals surface area contributed by atoms with Gasteiger partial charge in [-0.2, -0.15) is 0 Å². The van der Waals surface area contributed by atoms with Crippen LogP contribution >= 0.6 is 0 Å². The summed E-state index contributed by atoms with van der Waals surface area (Å²) in [4.78, 5) is 5.54. The van der Waals surface area contributed by atoms with Crippen molar-refractivity contribution in [3.8, 4) is 0 Å². The number of aliphatic hydroxyl groups excluding tert-OH is 1. The minimum Gasteiger partial charge on any atom is -0.393 e. The highest BCUT2D eigenvalue weighted by molar-refractivity contribution is 5.06. The standard InChI is InChI=1S/C17H32N2O/c1-12(2)10-19-11-15-14-6-8-18(9-7-14)17(15)16(19)5-4-13(3)20/h12-17,20H,4-11H2,1-3H3. The van der Waals surface area contributed by atoms with Crippen molar-refractivity contribution in [1.82, 2.24) is 9.80 Å². The highest BCUT2D eigenvalue weighted by Crippen LogP contribution is 2.45. The number of hydrogen-bond acceptors (Lipinski definition) is 3. The van der Waals surface area contributed by atoms with Crippen LogP contribution in [0.1, 0.15) is 46.5 Å². The van der Waals surface area contributed by atoms with E-state index in [4.69, 9.17) is 0 Å². The predicted molar refractivity (Wildman–Crippen MR) is 82.7 cm³/mol. The van der Waals surface area contributed by atoms with Gasteiger partial charge < -0.3 is 5.11 Å². The molecule has 4 heterocycles. The van der Waals surface area contributed by atoms with Crippen molar-refractivity contribution < 1.29 is 5.11 Å². The SMILES string of the molecule is CC(C)CN1CC2C3CCN(CC3)C2C1CCC(C)O. The molecule has 4 rings (SSSR count). The van der Waals surface area contributed by atoms with Crippen molar-refractivity contribution in [2.45, 2.75) is 64.6 Å². The van der Waals surface area contributed by atoms with E-state index in [9.17, 15) is 5.11 Å². The van der Waals surface area contributed by atoms with E-state index in [1.165, 1.54) is 45.4 Å². The molecule has 4 fully saturated rings. The second kappa shape index (κ2) is 5.94. The molecule has 4 saturated heterocycles. The minimum atomic E-state index is -0.147. The van der Waals surface area contributed by atoms with E-state index in [0.29, 0.717) is 6.04 Å². The lowest BCUT2D eigenvalue weighted by atomic mass is 9.73. The monoisotopic (exact) mass is 280 g/mol. The lowest BCUT2D eigenvalue weighted by Gasteiger charge is -2.49. The zero-order chi connectivity index (χ0) is 14.3. The van der Waals surface area contributed by atoms with E-state index >= 15 is 0 Å². The maximum atomic E-state index is 9.68. The molecule has 2 bridgehead atoms. The normalized spacial score (nSPS) is 42.1. The molecule has 0 radical (unpaired) electrons. The molecule has 4 aliphatic heterocycles. The largest absolute Gasteiger partial charge is 0.393 e. The van der Waals surface area contributed by atoms with Gasteiger partial charge in [0.15, 0.2) is 0 Å². The van der Waals surface area contributed by atoms with Gasteiger partial charge in [0.25, 0.3) is 0 Å². The lowest BCUT2D eigenvalue weighted by Crippen LogP contribution is -2.57. The van der Waals surface area contributed by atoms with Crippen LogP contribution < -0.4 is 0 Å². The zero-order valence-electron chi connectivity index (χ0n) is 13.5. The fraction of sp³-hybridized carbons (Fsp3) is 1.00. The summed E-state index contributed by atoms with van der Waals surface area (Å²) in [5.41, 5.74) is 0. The van der Waals surface area contributed by atoms with E-state index in [1.807, 2.05) is 6.92 Å². The Morgan fingerprint density at radius 3 is 2.45 bits per heavy atom. The first-order chi connectivity index (χ1) is 9.56. The Morgan fingerprint density at radius 2 is 1.85 bits per heavy atom. The molecule has 0 aromatic heterocycles. The molecule has 20 heavy (non-hydrogen) atoms. The fourth-order valence-corrected chi connectivity index (χ4v) is 5.05. The van der Waals surface area contributed by atoms with Crippen LogP contribution in [0.15, 0.2) is 0 Å². The van der Waals surface area contributed by atoms with Gasteiger partial charge in [-0.15, -0.1) is 0 Å². The third-order valence-electron chi connectivity index (χ3n) is 5.83. The molecule has 0 saturated carbocycles. The summed E-state index contributed by atoms with van der Waals surface area (Å²) < 4.78 is 0. The Balaban J connectivity index is 1.74. The Labute approximate surface area is 124 Å². The van der Waals surface area contributed by atoms with Crippen LogP contribution in [0.3, 0.4) is 0 Å². The smallest absolute Gasteiger partial charge is 0.0512 e. The van der Waals surface area contributed by atoms with Gasteiger partial charge >= 0.3 is 0 Å². The summed E-state index contributed by atoms with van der Waals surface area (Å²) in [5.74, 6) is 2.64. The third-order valence-corrected chi connectivity index (χ3v) is 5.83. The van der Waals surface area contributed by atoms with E-state index in [1.54, 1.807) is 0 Å². The molecule has 116 valence electrons. The highest BCUT2D eigenvalue weighted by atomic mass is 16.3. The molecule has 0 aromatic carbocycles. The van der Waals surface area contributed by atoms with Crippen LogP contribution in [-0.2, 0) is 0 Å². The number of hydrogen-bond donors (Lipinski definition) is 1. The van der Waals surface area contributed by atoms with Crippen LogP contribution in [0.25, 0.3) is 0 Å². The Morgan fingerprint density at radius 1 is 1.15 bits per heavy atom. The average Bonchev–Trinajstić information content (AvgIpc) is 2.77. The average molecular weight is 280 g/mol. The Bertz CT molecular complexity index is 323. The maximum Gasteiger partial charge on any atom is 0.0512 e. The zero-order valence-corrected chi connectivity index (χ0v) is 13.5. The van der Waals surface area contributed by atoms with Crippen molar-refractivity contribution in [1.29, 1.82) is 0 Å². The van der Waals surface area contributed by atoms with Crippen molar-refractivity contribution in [2.75, 3.05) is 26.2 Å². The first kappa shape index (κ1) is 14.8. The summed E-state index contributed by atoms with van der Waals surface area (Å²) in [7, 11) is 0. The minimum absolute atomic E-state index is 0.147. The van der Waals surface area contributed by atoms with Crippen molar-refractivity contribution in [3.63, 3.8) is 0 Å². The first-order valence-corrected chi connectivity index (χ1v) is 8.72. The first-order valence-electron chi connectivity index (χ1n) is 8.72. The van der Waals surface area contributed by atoms with Gasteiger partial charge in [0.1, 0.15) is 0 Å².